The second kappa shape index (κ2) is 10.8. The number of nitro groups is 1. The van der Waals surface area contributed by atoms with Crippen molar-refractivity contribution in [3.8, 4) is 0 Å². The van der Waals surface area contributed by atoms with Crippen LogP contribution in [0.2, 0.25) is 0 Å². The topological polar surface area (TPSA) is 110 Å². The Morgan fingerprint density at radius 3 is 2.31 bits per heavy atom. The van der Waals surface area contributed by atoms with Crippen LogP contribution < -0.4 is 5.32 Å². The van der Waals surface area contributed by atoms with E-state index in [-0.39, 0.29) is 28.5 Å². The van der Waals surface area contributed by atoms with Gasteiger partial charge in [0, 0.05) is 36.5 Å². The zero-order chi connectivity index (χ0) is 24.8. The molecule has 35 heavy (non-hydrogen) atoms. The fourth-order valence-electron chi connectivity index (χ4n) is 4.27. The van der Waals surface area contributed by atoms with Crippen LogP contribution in [0, 0.1) is 16.0 Å². The molecule has 1 heterocycles. The second-order valence-electron chi connectivity index (χ2n) is 8.65. The summed E-state index contributed by atoms with van der Waals surface area (Å²) < 4.78 is 27.7. The van der Waals surface area contributed by atoms with E-state index in [1.165, 1.54) is 42.0 Å². The minimum atomic E-state index is -3.59. The Hall–Kier alpha value is -3.56. The van der Waals surface area contributed by atoms with E-state index in [1.807, 2.05) is 18.2 Å². The monoisotopic (exact) mass is 493 g/mol. The molecule has 0 bridgehead atoms. The summed E-state index contributed by atoms with van der Waals surface area (Å²) in [5.74, 6) is 0.169. The molecule has 0 aliphatic carbocycles. The van der Waals surface area contributed by atoms with E-state index in [0.29, 0.717) is 24.7 Å². The number of anilines is 1. The summed E-state index contributed by atoms with van der Waals surface area (Å²) in [5.41, 5.74) is 1.96. The van der Waals surface area contributed by atoms with Crippen LogP contribution in [-0.2, 0) is 16.4 Å². The Morgan fingerprint density at radius 1 is 0.971 bits per heavy atom. The number of benzene rings is 3. The summed E-state index contributed by atoms with van der Waals surface area (Å²) >= 11 is 0. The molecule has 9 heteroatoms. The van der Waals surface area contributed by atoms with Gasteiger partial charge < -0.3 is 5.32 Å². The first-order valence-electron chi connectivity index (χ1n) is 11.5. The number of nitro benzene ring substituents is 1. The van der Waals surface area contributed by atoms with E-state index in [9.17, 15) is 23.3 Å². The lowest BCUT2D eigenvalue weighted by molar-refractivity contribution is -0.384. The zero-order valence-electron chi connectivity index (χ0n) is 19.2. The number of hydrogen-bond acceptors (Lipinski definition) is 6. The molecule has 1 aliphatic heterocycles. The SMILES string of the molecule is O=C(CNc1ccc(S(=O)(=O)N2CCC(Cc3ccccc3)CC2)cc1)c1cccc([N+](=O)[O-])c1. The highest BCUT2D eigenvalue weighted by molar-refractivity contribution is 7.89. The Bertz CT molecular complexity index is 1290. The van der Waals surface area contributed by atoms with Gasteiger partial charge in [-0.1, -0.05) is 42.5 Å². The van der Waals surface area contributed by atoms with Crippen molar-refractivity contribution in [3.63, 3.8) is 0 Å². The number of carbonyl (C=O) groups is 1. The molecule has 0 saturated carbocycles. The maximum absolute atomic E-state index is 13.1. The average Bonchev–Trinajstić information content (AvgIpc) is 2.88. The van der Waals surface area contributed by atoms with Crippen LogP contribution in [0.4, 0.5) is 11.4 Å². The molecule has 0 aromatic heterocycles. The van der Waals surface area contributed by atoms with Crippen LogP contribution >= 0.6 is 0 Å². The molecule has 0 atom stereocenters. The molecule has 1 aliphatic rings. The van der Waals surface area contributed by atoms with Gasteiger partial charge in [-0.15, -0.1) is 0 Å². The van der Waals surface area contributed by atoms with Crippen molar-refractivity contribution in [2.45, 2.75) is 24.2 Å². The van der Waals surface area contributed by atoms with E-state index in [0.717, 1.165) is 19.3 Å². The Labute approximate surface area is 204 Å². The van der Waals surface area contributed by atoms with Crippen LogP contribution in [0.15, 0.2) is 83.8 Å². The predicted molar refractivity (Wildman–Crippen MR) is 134 cm³/mol. The summed E-state index contributed by atoms with van der Waals surface area (Å²) in [4.78, 5) is 22.9. The van der Waals surface area contributed by atoms with Gasteiger partial charge in [-0.3, -0.25) is 14.9 Å². The van der Waals surface area contributed by atoms with Crippen molar-refractivity contribution in [1.29, 1.82) is 0 Å². The Kier molecular flexibility index (Phi) is 7.57. The van der Waals surface area contributed by atoms with Gasteiger partial charge in [-0.05, 0) is 55.0 Å². The standard InChI is InChI=1S/C26H27N3O5S/c30-26(22-7-4-8-24(18-22)29(31)32)19-27-23-9-11-25(12-10-23)35(33,34)28-15-13-21(14-16-28)17-20-5-2-1-3-6-20/h1-12,18,21,27H,13-17,19H2. The van der Waals surface area contributed by atoms with Crippen molar-refractivity contribution in [1.82, 2.24) is 4.31 Å². The molecule has 0 amide bonds. The van der Waals surface area contributed by atoms with Gasteiger partial charge in [-0.25, -0.2) is 8.42 Å². The Morgan fingerprint density at radius 2 is 1.66 bits per heavy atom. The highest BCUT2D eigenvalue weighted by atomic mass is 32.2. The molecule has 0 spiro atoms. The van der Waals surface area contributed by atoms with E-state index < -0.39 is 14.9 Å². The average molecular weight is 494 g/mol. The van der Waals surface area contributed by atoms with Gasteiger partial charge >= 0.3 is 0 Å². The molecule has 3 aromatic carbocycles. The van der Waals surface area contributed by atoms with Crippen LogP contribution in [0.5, 0.6) is 0 Å². The summed E-state index contributed by atoms with van der Waals surface area (Å²) in [7, 11) is -3.59. The van der Waals surface area contributed by atoms with Gasteiger partial charge in [0.15, 0.2) is 5.78 Å². The lowest BCUT2D eigenvalue weighted by atomic mass is 9.91. The minimum absolute atomic E-state index is 0.0673. The van der Waals surface area contributed by atoms with Crippen LogP contribution in [0.25, 0.3) is 0 Å². The number of piperidine rings is 1. The van der Waals surface area contributed by atoms with Gasteiger partial charge in [0.25, 0.3) is 5.69 Å². The molecule has 8 nitrogen and oxygen atoms in total. The van der Waals surface area contributed by atoms with Crippen molar-refractivity contribution in [3.05, 3.63) is 100 Å². The smallest absolute Gasteiger partial charge is 0.270 e. The minimum Gasteiger partial charge on any atom is -0.378 e. The summed E-state index contributed by atoms with van der Waals surface area (Å²) in [6.45, 7) is 0.928. The van der Waals surface area contributed by atoms with Gasteiger partial charge in [-0.2, -0.15) is 4.31 Å². The number of rotatable bonds is 9. The number of nitrogens with one attached hydrogen (secondary N) is 1. The van der Waals surface area contributed by atoms with E-state index >= 15 is 0 Å². The number of carbonyl (C=O) groups excluding carboxylic acids is 1. The predicted octanol–water partition coefficient (Wildman–Crippen LogP) is 4.53. The summed E-state index contributed by atoms with van der Waals surface area (Å²) in [6.07, 6.45) is 2.62. The molecule has 3 aromatic rings. The Balaban J connectivity index is 1.32. The quantitative estimate of drug-likeness (QED) is 0.266. The third-order valence-electron chi connectivity index (χ3n) is 6.26. The third kappa shape index (κ3) is 6.12. The molecule has 182 valence electrons. The first kappa shape index (κ1) is 24.6. The van der Waals surface area contributed by atoms with E-state index in [2.05, 4.69) is 17.4 Å². The number of non-ortho nitro benzene ring substituents is 1. The molecule has 0 unspecified atom stereocenters. The molecule has 1 saturated heterocycles. The third-order valence-corrected chi connectivity index (χ3v) is 8.18. The highest BCUT2D eigenvalue weighted by Gasteiger charge is 2.29. The number of ketones is 1. The van der Waals surface area contributed by atoms with Crippen molar-refractivity contribution >= 4 is 27.2 Å². The molecule has 4 rings (SSSR count). The molecular formula is C26H27N3O5S. The van der Waals surface area contributed by atoms with Gasteiger partial charge in [0.2, 0.25) is 10.0 Å². The molecule has 0 radical (unpaired) electrons. The molecular weight excluding hydrogens is 466 g/mol. The van der Waals surface area contributed by atoms with Crippen LogP contribution in [0.1, 0.15) is 28.8 Å². The van der Waals surface area contributed by atoms with Gasteiger partial charge in [0.05, 0.1) is 16.4 Å². The second-order valence-corrected chi connectivity index (χ2v) is 10.6. The number of Topliss-reactive ketones (excluding diaryl/α,β-unsaturated/α-hetero) is 1. The number of sulfonamides is 1. The number of hydrogen-bond donors (Lipinski definition) is 1. The number of nitrogens with zero attached hydrogens (tertiary/aromatic N) is 2. The molecule has 1 N–H and O–H groups in total. The van der Waals surface area contributed by atoms with Crippen molar-refractivity contribution in [2.75, 3.05) is 25.0 Å². The largest absolute Gasteiger partial charge is 0.378 e. The first-order chi connectivity index (χ1) is 16.8. The normalized spacial score (nSPS) is 15.0. The van der Waals surface area contributed by atoms with Crippen molar-refractivity contribution in [2.24, 2.45) is 5.92 Å². The van der Waals surface area contributed by atoms with E-state index in [1.54, 1.807) is 16.4 Å². The fraction of sp³-hybridized carbons (Fsp3) is 0.269. The van der Waals surface area contributed by atoms with Gasteiger partial charge in [0.1, 0.15) is 0 Å². The van der Waals surface area contributed by atoms with Crippen LogP contribution in [0.3, 0.4) is 0 Å². The van der Waals surface area contributed by atoms with E-state index in [4.69, 9.17) is 0 Å². The summed E-state index contributed by atoms with van der Waals surface area (Å²) in [6, 6.07) is 22.1. The fourth-order valence-corrected chi connectivity index (χ4v) is 5.74. The van der Waals surface area contributed by atoms with Crippen LogP contribution in [-0.4, -0.2) is 43.1 Å². The summed E-state index contributed by atoms with van der Waals surface area (Å²) in [5, 5.41) is 13.8. The lowest BCUT2D eigenvalue weighted by Gasteiger charge is -2.31. The maximum atomic E-state index is 13.1. The maximum Gasteiger partial charge on any atom is 0.270 e. The lowest BCUT2D eigenvalue weighted by Crippen LogP contribution is -2.38. The van der Waals surface area contributed by atoms with Crippen molar-refractivity contribution < 1.29 is 18.1 Å². The highest BCUT2D eigenvalue weighted by Crippen LogP contribution is 2.27. The molecule has 1 fully saturated rings. The first-order valence-corrected chi connectivity index (χ1v) is 12.9. The zero-order valence-corrected chi connectivity index (χ0v) is 20.0.